The molecular formula is C16H16BrNO4. The topological polar surface area (TPSA) is 68.4 Å². The molecule has 0 spiro atoms. The molecule has 0 fully saturated rings. The average Bonchev–Trinajstić information content (AvgIpc) is 2.55. The van der Waals surface area contributed by atoms with Gasteiger partial charge in [0.1, 0.15) is 16.8 Å². The molecule has 1 aromatic carbocycles. The van der Waals surface area contributed by atoms with Crippen LogP contribution < -0.4 is 10.3 Å². The fraction of sp³-hybridized carbons (Fsp3) is 0.250. The van der Waals surface area contributed by atoms with Crippen LogP contribution in [0.25, 0.3) is 0 Å². The van der Waals surface area contributed by atoms with Crippen LogP contribution in [0.15, 0.2) is 45.8 Å². The molecule has 2 rings (SSSR count). The Balaban J connectivity index is 2.18. The van der Waals surface area contributed by atoms with E-state index in [1.165, 1.54) is 7.11 Å². The summed E-state index contributed by atoms with van der Waals surface area (Å²) in [7, 11) is 1.35. The minimum absolute atomic E-state index is 0.219. The molecule has 0 bridgehead atoms. The number of carbonyl (C=O) groups is 1. The van der Waals surface area contributed by atoms with Crippen molar-refractivity contribution >= 4 is 21.9 Å². The number of aromatic amines is 1. The number of rotatable bonds is 6. The molecule has 0 saturated heterocycles. The Labute approximate surface area is 136 Å². The molecule has 1 aromatic heterocycles. The number of carbonyl (C=O) groups excluding carboxylic acids is 1. The van der Waals surface area contributed by atoms with Gasteiger partial charge in [-0.3, -0.25) is 9.59 Å². The van der Waals surface area contributed by atoms with Crippen LogP contribution >= 0.6 is 15.9 Å². The normalized spacial score (nSPS) is 10.3. The summed E-state index contributed by atoms with van der Waals surface area (Å²) in [4.78, 5) is 25.6. The van der Waals surface area contributed by atoms with E-state index in [-0.39, 0.29) is 17.9 Å². The highest BCUT2D eigenvalue weighted by Gasteiger charge is 2.14. The zero-order valence-corrected chi connectivity index (χ0v) is 13.7. The highest BCUT2D eigenvalue weighted by molar-refractivity contribution is 9.10. The van der Waals surface area contributed by atoms with Crippen molar-refractivity contribution in [3.8, 4) is 5.75 Å². The summed E-state index contributed by atoms with van der Waals surface area (Å²) >= 11 is 3.24. The maximum absolute atomic E-state index is 11.7. The van der Waals surface area contributed by atoms with Gasteiger partial charge in [-0.15, -0.1) is 0 Å². The molecule has 1 heterocycles. The number of nitrogens with one attached hydrogen (secondary N) is 1. The maximum atomic E-state index is 11.7. The standard InChI is InChI=1S/C16H16BrNO4/c1-21-13(19)8-7-12-9-18-16(20)14(17)15(12)22-10-11-5-3-2-4-6-11/h2-6,9H,7-8,10H2,1H3,(H,18,20). The number of ether oxygens (including phenoxy) is 2. The van der Waals surface area contributed by atoms with Crippen molar-refractivity contribution in [2.24, 2.45) is 0 Å². The van der Waals surface area contributed by atoms with Crippen LogP contribution in [0.5, 0.6) is 5.75 Å². The van der Waals surface area contributed by atoms with E-state index in [4.69, 9.17) is 4.74 Å². The van der Waals surface area contributed by atoms with Gasteiger partial charge in [-0.1, -0.05) is 30.3 Å². The maximum Gasteiger partial charge on any atom is 0.305 e. The Morgan fingerprint density at radius 1 is 1.27 bits per heavy atom. The van der Waals surface area contributed by atoms with Gasteiger partial charge in [-0.2, -0.15) is 0 Å². The number of aryl methyl sites for hydroxylation is 1. The summed E-state index contributed by atoms with van der Waals surface area (Å²) in [6.45, 7) is 0.341. The van der Waals surface area contributed by atoms with E-state index >= 15 is 0 Å². The fourth-order valence-electron chi connectivity index (χ4n) is 1.94. The van der Waals surface area contributed by atoms with Gasteiger partial charge in [-0.25, -0.2) is 0 Å². The van der Waals surface area contributed by atoms with E-state index in [2.05, 4.69) is 25.7 Å². The molecule has 22 heavy (non-hydrogen) atoms. The first-order chi connectivity index (χ1) is 10.6. The fourth-order valence-corrected chi connectivity index (χ4v) is 2.42. The van der Waals surface area contributed by atoms with E-state index < -0.39 is 0 Å². The van der Waals surface area contributed by atoms with E-state index in [1.54, 1.807) is 6.20 Å². The number of pyridine rings is 1. The van der Waals surface area contributed by atoms with Gasteiger partial charge in [0.05, 0.1) is 7.11 Å². The van der Waals surface area contributed by atoms with Gasteiger partial charge in [0.2, 0.25) is 0 Å². The summed E-state index contributed by atoms with van der Waals surface area (Å²) in [6, 6.07) is 9.65. The minimum atomic E-state index is -0.309. The first-order valence-corrected chi connectivity index (χ1v) is 7.54. The number of esters is 1. The Morgan fingerprint density at radius 3 is 2.68 bits per heavy atom. The van der Waals surface area contributed by atoms with Crippen LogP contribution in [0.1, 0.15) is 17.5 Å². The van der Waals surface area contributed by atoms with Crippen molar-refractivity contribution in [2.45, 2.75) is 19.4 Å². The Kier molecular flexibility index (Phi) is 5.77. The van der Waals surface area contributed by atoms with E-state index in [0.29, 0.717) is 23.2 Å². The van der Waals surface area contributed by atoms with Crippen LogP contribution in [0.3, 0.4) is 0 Å². The third kappa shape index (κ3) is 4.21. The number of hydrogen-bond donors (Lipinski definition) is 1. The molecule has 0 radical (unpaired) electrons. The van der Waals surface area contributed by atoms with Gasteiger partial charge in [-0.05, 0) is 27.9 Å². The molecule has 2 aromatic rings. The third-order valence-electron chi connectivity index (χ3n) is 3.12. The molecule has 0 aliphatic rings. The number of benzene rings is 1. The molecular weight excluding hydrogens is 350 g/mol. The van der Waals surface area contributed by atoms with E-state index in [0.717, 1.165) is 11.1 Å². The summed E-state index contributed by atoms with van der Waals surface area (Å²) in [5.74, 6) is 0.146. The highest BCUT2D eigenvalue weighted by Crippen LogP contribution is 2.27. The smallest absolute Gasteiger partial charge is 0.305 e. The second-order valence-corrected chi connectivity index (χ2v) is 5.43. The summed E-state index contributed by atoms with van der Waals surface area (Å²) in [6.07, 6.45) is 2.21. The first kappa shape index (κ1) is 16.3. The lowest BCUT2D eigenvalue weighted by Crippen LogP contribution is -2.12. The largest absolute Gasteiger partial charge is 0.487 e. The number of methoxy groups -OCH3 is 1. The van der Waals surface area contributed by atoms with Crippen molar-refractivity contribution in [2.75, 3.05) is 7.11 Å². The molecule has 0 atom stereocenters. The number of halogens is 1. The molecule has 1 N–H and O–H groups in total. The lowest BCUT2D eigenvalue weighted by atomic mass is 10.1. The van der Waals surface area contributed by atoms with E-state index in [9.17, 15) is 9.59 Å². The van der Waals surface area contributed by atoms with Crippen LogP contribution in [0, 0.1) is 0 Å². The number of hydrogen-bond acceptors (Lipinski definition) is 4. The van der Waals surface area contributed by atoms with Crippen molar-refractivity contribution in [1.82, 2.24) is 4.98 Å². The van der Waals surface area contributed by atoms with Crippen LogP contribution in [0.2, 0.25) is 0 Å². The predicted octanol–water partition coefficient (Wildman–Crippen LogP) is 2.82. The van der Waals surface area contributed by atoms with Crippen LogP contribution in [0.4, 0.5) is 0 Å². The average molecular weight is 366 g/mol. The third-order valence-corrected chi connectivity index (χ3v) is 3.84. The second-order valence-electron chi connectivity index (χ2n) is 4.64. The molecule has 0 unspecified atom stereocenters. The quantitative estimate of drug-likeness (QED) is 0.799. The Morgan fingerprint density at radius 2 is 2.00 bits per heavy atom. The van der Waals surface area contributed by atoms with E-state index in [1.807, 2.05) is 30.3 Å². The molecule has 6 heteroatoms. The molecule has 116 valence electrons. The van der Waals surface area contributed by atoms with Crippen LogP contribution in [-0.2, 0) is 22.6 Å². The van der Waals surface area contributed by atoms with Crippen LogP contribution in [-0.4, -0.2) is 18.1 Å². The van der Waals surface area contributed by atoms with Gasteiger partial charge < -0.3 is 14.5 Å². The summed E-state index contributed by atoms with van der Waals surface area (Å²) in [5, 5.41) is 0. The van der Waals surface area contributed by atoms with Gasteiger partial charge in [0.25, 0.3) is 5.56 Å². The monoisotopic (exact) mass is 365 g/mol. The zero-order valence-electron chi connectivity index (χ0n) is 12.1. The summed E-state index contributed by atoms with van der Waals surface area (Å²) < 4.78 is 10.7. The lowest BCUT2D eigenvalue weighted by Gasteiger charge is -2.12. The highest BCUT2D eigenvalue weighted by atomic mass is 79.9. The van der Waals surface area contributed by atoms with Crippen molar-refractivity contribution < 1.29 is 14.3 Å². The second kappa shape index (κ2) is 7.79. The minimum Gasteiger partial charge on any atom is -0.487 e. The number of aromatic nitrogens is 1. The predicted molar refractivity (Wildman–Crippen MR) is 85.9 cm³/mol. The van der Waals surface area contributed by atoms with Gasteiger partial charge in [0.15, 0.2) is 0 Å². The molecule has 0 saturated carbocycles. The SMILES string of the molecule is COC(=O)CCc1c[nH]c(=O)c(Br)c1OCc1ccccc1. The van der Waals surface area contributed by atoms with Crippen molar-refractivity contribution in [3.63, 3.8) is 0 Å². The lowest BCUT2D eigenvalue weighted by molar-refractivity contribution is -0.140. The first-order valence-electron chi connectivity index (χ1n) is 6.75. The van der Waals surface area contributed by atoms with Gasteiger partial charge in [0, 0.05) is 18.2 Å². The molecule has 0 aliphatic carbocycles. The molecule has 0 amide bonds. The van der Waals surface area contributed by atoms with Crippen molar-refractivity contribution in [3.05, 3.63) is 62.5 Å². The van der Waals surface area contributed by atoms with Crippen molar-refractivity contribution in [1.29, 1.82) is 0 Å². The molecule has 0 aliphatic heterocycles. The Hall–Kier alpha value is -2.08. The van der Waals surface area contributed by atoms with Gasteiger partial charge >= 0.3 is 5.97 Å². The molecule has 5 nitrogen and oxygen atoms in total. The Bertz CT molecular complexity index is 697. The zero-order chi connectivity index (χ0) is 15.9. The number of H-pyrrole nitrogens is 1. The summed E-state index contributed by atoms with van der Waals surface area (Å²) in [5.41, 5.74) is 1.46.